The van der Waals surface area contributed by atoms with Crippen LogP contribution in [0, 0.1) is 11.6 Å². The molecule has 0 saturated heterocycles. The molecule has 2 rings (SSSR count). The van der Waals surface area contributed by atoms with Crippen LogP contribution in [0.3, 0.4) is 0 Å². The molecule has 20 heavy (non-hydrogen) atoms. The van der Waals surface area contributed by atoms with Gasteiger partial charge in [-0.3, -0.25) is 0 Å². The number of sulfone groups is 1. The Morgan fingerprint density at radius 2 is 1.85 bits per heavy atom. The summed E-state index contributed by atoms with van der Waals surface area (Å²) in [6.07, 6.45) is 1.85. The molecule has 1 aromatic rings. The molecule has 1 aromatic carbocycles. The van der Waals surface area contributed by atoms with E-state index < -0.39 is 31.6 Å². The number of benzene rings is 1. The van der Waals surface area contributed by atoms with Crippen molar-refractivity contribution in [3.05, 3.63) is 23.8 Å². The van der Waals surface area contributed by atoms with E-state index in [1.165, 1.54) is 7.11 Å². The summed E-state index contributed by atoms with van der Waals surface area (Å²) < 4.78 is 57.6. The average Bonchev–Trinajstić information content (AvgIpc) is 2.37. The van der Waals surface area contributed by atoms with Crippen molar-refractivity contribution in [2.24, 2.45) is 0 Å². The molecule has 1 aliphatic carbocycles. The normalized spacial score (nSPS) is 23.8. The molecule has 0 spiro atoms. The lowest BCUT2D eigenvalue weighted by Crippen LogP contribution is -2.32. The van der Waals surface area contributed by atoms with Crippen molar-refractivity contribution in [1.29, 1.82) is 0 Å². The molecule has 2 atom stereocenters. The van der Waals surface area contributed by atoms with Crippen molar-refractivity contribution in [1.82, 2.24) is 0 Å². The molecule has 0 aromatic heterocycles. The summed E-state index contributed by atoms with van der Waals surface area (Å²) in [5.74, 6) is -2.27. The number of anilines is 1. The van der Waals surface area contributed by atoms with Gasteiger partial charge in [-0.05, 0) is 37.8 Å². The second-order valence-electron chi connectivity index (χ2n) is 5.01. The van der Waals surface area contributed by atoms with Gasteiger partial charge in [0.15, 0.2) is 9.84 Å². The molecule has 2 N–H and O–H groups in total. The SMILES string of the molecule is COC1CCCC(S(=O)(=O)c2c(F)cc(N)cc2F)C1. The summed E-state index contributed by atoms with van der Waals surface area (Å²) in [7, 11) is -2.56. The second-order valence-corrected chi connectivity index (χ2v) is 7.17. The van der Waals surface area contributed by atoms with Crippen LogP contribution in [0.2, 0.25) is 0 Å². The topological polar surface area (TPSA) is 69.4 Å². The van der Waals surface area contributed by atoms with Gasteiger partial charge in [0.1, 0.15) is 16.5 Å². The molecular formula is C13H17F2NO3S. The molecular weight excluding hydrogens is 288 g/mol. The molecule has 0 aliphatic heterocycles. The second kappa shape index (κ2) is 5.65. The molecule has 7 heteroatoms. The summed E-state index contributed by atoms with van der Waals surface area (Å²) >= 11 is 0. The zero-order chi connectivity index (χ0) is 14.9. The highest BCUT2D eigenvalue weighted by Crippen LogP contribution is 2.33. The molecule has 112 valence electrons. The molecule has 1 fully saturated rings. The number of nitrogens with two attached hydrogens (primary N) is 1. The number of halogens is 2. The number of methoxy groups -OCH3 is 1. The minimum absolute atomic E-state index is 0.141. The monoisotopic (exact) mass is 305 g/mol. The van der Waals surface area contributed by atoms with E-state index in [0.29, 0.717) is 12.8 Å². The van der Waals surface area contributed by atoms with E-state index in [1.807, 2.05) is 0 Å². The van der Waals surface area contributed by atoms with Gasteiger partial charge in [-0.1, -0.05) is 0 Å². The number of nitrogen functional groups attached to an aromatic ring is 1. The van der Waals surface area contributed by atoms with E-state index in [0.717, 1.165) is 18.6 Å². The fourth-order valence-electron chi connectivity index (χ4n) is 2.62. The highest BCUT2D eigenvalue weighted by Gasteiger charge is 2.36. The van der Waals surface area contributed by atoms with Crippen molar-refractivity contribution >= 4 is 15.5 Å². The maximum Gasteiger partial charge on any atom is 0.187 e. The van der Waals surface area contributed by atoms with Gasteiger partial charge in [0.2, 0.25) is 0 Å². The molecule has 0 amide bonds. The van der Waals surface area contributed by atoms with E-state index in [-0.39, 0.29) is 18.2 Å². The van der Waals surface area contributed by atoms with Crippen LogP contribution in [0.25, 0.3) is 0 Å². The Morgan fingerprint density at radius 3 is 2.40 bits per heavy atom. The van der Waals surface area contributed by atoms with Gasteiger partial charge < -0.3 is 10.5 Å². The molecule has 0 bridgehead atoms. The first-order valence-corrected chi connectivity index (χ1v) is 7.92. The predicted molar refractivity (Wildman–Crippen MR) is 71.0 cm³/mol. The van der Waals surface area contributed by atoms with Crippen molar-refractivity contribution < 1.29 is 21.9 Å². The predicted octanol–water partition coefficient (Wildman–Crippen LogP) is 2.28. The Labute approximate surface area is 116 Å². The van der Waals surface area contributed by atoms with Crippen LogP contribution in [-0.4, -0.2) is 26.9 Å². The van der Waals surface area contributed by atoms with Crippen molar-refractivity contribution in [2.75, 3.05) is 12.8 Å². The highest BCUT2D eigenvalue weighted by atomic mass is 32.2. The van der Waals surface area contributed by atoms with Gasteiger partial charge in [-0.25, -0.2) is 17.2 Å². The van der Waals surface area contributed by atoms with Crippen LogP contribution in [0.15, 0.2) is 17.0 Å². The first-order chi connectivity index (χ1) is 9.36. The number of rotatable bonds is 3. The molecule has 4 nitrogen and oxygen atoms in total. The summed E-state index contributed by atoms with van der Waals surface area (Å²) in [5.41, 5.74) is 5.16. The first kappa shape index (κ1) is 15.2. The van der Waals surface area contributed by atoms with Gasteiger partial charge in [0.25, 0.3) is 0 Å². The van der Waals surface area contributed by atoms with Crippen LogP contribution in [0.1, 0.15) is 25.7 Å². The maximum absolute atomic E-state index is 13.8. The summed E-state index contributed by atoms with van der Waals surface area (Å²) in [5, 5.41) is -0.825. The van der Waals surface area contributed by atoms with E-state index in [2.05, 4.69) is 0 Å². The lowest BCUT2D eigenvalue weighted by atomic mass is 9.97. The minimum atomic E-state index is -4.07. The Hall–Kier alpha value is -1.21. The van der Waals surface area contributed by atoms with Crippen LogP contribution < -0.4 is 5.73 Å². The molecule has 1 saturated carbocycles. The lowest BCUT2D eigenvalue weighted by molar-refractivity contribution is 0.0720. The fraction of sp³-hybridized carbons (Fsp3) is 0.538. The highest BCUT2D eigenvalue weighted by molar-refractivity contribution is 7.92. The zero-order valence-corrected chi connectivity index (χ0v) is 11.9. The zero-order valence-electron chi connectivity index (χ0n) is 11.1. The first-order valence-electron chi connectivity index (χ1n) is 6.37. The fourth-order valence-corrected chi connectivity index (χ4v) is 4.56. The summed E-state index contributed by atoms with van der Waals surface area (Å²) in [4.78, 5) is -0.881. The van der Waals surface area contributed by atoms with Gasteiger partial charge in [0, 0.05) is 12.8 Å². The lowest BCUT2D eigenvalue weighted by Gasteiger charge is -2.28. The van der Waals surface area contributed by atoms with Crippen LogP contribution in [0.5, 0.6) is 0 Å². The van der Waals surface area contributed by atoms with Gasteiger partial charge in [-0.2, -0.15) is 0 Å². The Kier molecular flexibility index (Phi) is 4.29. The Bertz CT molecular complexity index is 581. The largest absolute Gasteiger partial charge is 0.399 e. The molecule has 2 unspecified atom stereocenters. The third-order valence-corrected chi connectivity index (χ3v) is 5.92. The molecule has 0 heterocycles. The van der Waals surface area contributed by atoms with E-state index >= 15 is 0 Å². The summed E-state index contributed by atoms with van der Waals surface area (Å²) in [6.45, 7) is 0. The van der Waals surface area contributed by atoms with Crippen molar-refractivity contribution in [2.45, 2.75) is 41.9 Å². The smallest absolute Gasteiger partial charge is 0.187 e. The Morgan fingerprint density at radius 1 is 1.25 bits per heavy atom. The minimum Gasteiger partial charge on any atom is -0.399 e. The van der Waals surface area contributed by atoms with Gasteiger partial charge in [-0.15, -0.1) is 0 Å². The standard InChI is InChI=1S/C13H17F2NO3S/c1-19-9-3-2-4-10(7-9)20(17,18)13-11(14)5-8(16)6-12(13)15/h5-6,9-10H,2-4,7,16H2,1H3. The Balaban J connectivity index is 2.40. The number of hydrogen-bond donors (Lipinski definition) is 1. The quantitative estimate of drug-likeness (QED) is 0.870. The van der Waals surface area contributed by atoms with Crippen molar-refractivity contribution in [3.8, 4) is 0 Å². The maximum atomic E-state index is 13.8. The summed E-state index contributed by atoms with van der Waals surface area (Å²) in [6, 6.07) is 1.65. The van der Waals surface area contributed by atoms with Crippen LogP contribution in [0.4, 0.5) is 14.5 Å². The van der Waals surface area contributed by atoms with Gasteiger partial charge in [0.05, 0.1) is 11.4 Å². The third kappa shape index (κ3) is 2.78. The van der Waals surface area contributed by atoms with Crippen LogP contribution >= 0.6 is 0 Å². The number of hydrogen-bond acceptors (Lipinski definition) is 4. The van der Waals surface area contributed by atoms with E-state index in [4.69, 9.17) is 10.5 Å². The molecule has 0 radical (unpaired) electrons. The van der Waals surface area contributed by atoms with E-state index in [9.17, 15) is 17.2 Å². The third-order valence-electron chi connectivity index (χ3n) is 3.66. The van der Waals surface area contributed by atoms with E-state index in [1.54, 1.807) is 0 Å². The average molecular weight is 305 g/mol. The van der Waals surface area contributed by atoms with Crippen molar-refractivity contribution in [3.63, 3.8) is 0 Å². The molecule has 1 aliphatic rings. The van der Waals surface area contributed by atoms with Crippen LogP contribution in [-0.2, 0) is 14.6 Å². The number of ether oxygens (including phenoxy) is 1. The van der Waals surface area contributed by atoms with Gasteiger partial charge >= 0.3 is 0 Å².